The van der Waals surface area contributed by atoms with E-state index in [1.165, 1.54) is 0 Å². The number of carboxylic acids is 1. The van der Waals surface area contributed by atoms with Crippen LogP contribution in [0.4, 0.5) is 0 Å². The molecule has 1 N–H and O–H groups in total. The van der Waals surface area contributed by atoms with Crippen LogP contribution in [0.2, 0.25) is 0 Å². The molecule has 96 valence electrons. The zero-order valence-corrected chi connectivity index (χ0v) is 10.6. The number of benzene rings is 1. The van der Waals surface area contributed by atoms with Gasteiger partial charge in [0.15, 0.2) is 0 Å². The summed E-state index contributed by atoms with van der Waals surface area (Å²) in [7, 11) is 1.68. The van der Waals surface area contributed by atoms with E-state index in [0.717, 1.165) is 11.1 Å². The summed E-state index contributed by atoms with van der Waals surface area (Å²) in [5.74, 6) is -1.34. The van der Waals surface area contributed by atoms with Crippen LogP contribution in [0.1, 0.15) is 30.0 Å². The van der Waals surface area contributed by atoms with Crippen LogP contribution in [0.25, 0.3) is 0 Å². The minimum atomic E-state index is -0.833. The van der Waals surface area contributed by atoms with Gasteiger partial charge in [0, 0.05) is 13.5 Å². The topological polar surface area (TPSA) is 57.6 Å². The predicted molar refractivity (Wildman–Crippen MR) is 67.0 cm³/mol. The van der Waals surface area contributed by atoms with Crippen LogP contribution in [0, 0.1) is 12.8 Å². The number of nitrogens with zero attached hydrogens (tertiary/aromatic N) is 1. The zero-order chi connectivity index (χ0) is 13.3. The smallest absolute Gasteiger partial charge is 0.308 e. The summed E-state index contributed by atoms with van der Waals surface area (Å²) in [6, 6.07) is 7.35. The van der Waals surface area contributed by atoms with Crippen LogP contribution in [0.3, 0.4) is 0 Å². The van der Waals surface area contributed by atoms with Gasteiger partial charge in [-0.2, -0.15) is 0 Å². The number of aliphatic carboxylic acids is 1. The van der Waals surface area contributed by atoms with Gasteiger partial charge in [-0.05, 0) is 18.9 Å². The maximum Gasteiger partial charge on any atom is 0.308 e. The molecule has 4 nitrogen and oxygen atoms in total. The summed E-state index contributed by atoms with van der Waals surface area (Å²) in [6.45, 7) is 1.98. The maximum absolute atomic E-state index is 11.7. The number of carbonyl (C=O) groups excluding carboxylic acids is 1. The first-order valence-electron chi connectivity index (χ1n) is 6.05. The Kier molecular flexibility index (Phi) is 3.36. The molecule has 1 saturated heterocycles. The molecule has 1 heterocycles. The lowest BCUT2D eigenvalue weighted by atomic mass is 9.84. The van der Waals surface area contributed by atoms with E-state index in [1.807, 2.05) is 31.2 Å². The summed E-state index contributed by atoms with van der Waals surface area (Å²) in [4.78, 5) is 24.6. The van der Waals surface area contributed by atoms with Crippen molar-refractivity contribution in [3.05, 3.63) is 35.4 Å². The van der Waals surface area contributed by atoms with Crippen LogP contribution in [0.15, 0.2) is 24.3 Å². The van der Waals surface area contributed by atoms with E-state index in [-0.39, 0.29) is 11.9 Å². The number of aryl methyl sites for hydroxylation is 1. The molecule has 0 radical (unpaired) electrons. The van der Waals surface area contributed by atoms with Gasteiger partial charge in [0.1, 0.15) is 0 Å². The van der Waals surface area contributed by atoms with Gasteiger partial charge >= 0.3 is 5.97 Å². The first kappa shape index (κ1) is 12.6. The summed E-state index contributed by atoms with van der Waals surface area (Å²) in [5, 5.41) is 9.29. The molecular weight excluding hydrogens is 230 g/mol. The highest BCUT2D eigenvalue weighted by molar-refractivity contribution is 5.81. The molecule has 2 atom stereocenters. The van der Waals surface area contributed by atoms with Gasteiger partial charge in [0.25, 0.3) is 0 Å². The Morgan fingerprint density at radius 2 is 1.94 bits per heavy atom. The lowest BCUT2D eigenvalue weighted by molar-refractivity contribution is -0.150. The average molecular weight is 247 g/mol. The number of hydrogen-bond donors (Lipinski definition) is 1. The number of carbonyl (C=O) groups is 2. The van der Waals surface area contributed by atoms with E-state index < -0.39 is 11.9 Å². The molecule has 18 heavy (non-hydrogen) atoms. The Morgan fingerprint density at radius 3 is 2.50 bits per heavy atom. The Labute approximate surface area is 106 Å². The third-order valence-electron chi connectivity index (χ3n) is 3.60. The summed E-state index contributed by atoms with van der Waals surface area (Å²) < 4.78 is 0. The van der Waals surface area contributed by atoms with Crippen molar-refractivity contribution in [1.82, 2.24) is 4.90 Å². The lowest BCUT2D eigenvalue weighted by Gasteiger charge is -2.37. The molecule has 4 heteroatoms. The number of hydrogen-bond acceptors (Lipinski definition) is 2. The fourth-order valence-corrected chi connectivity index (χ4v) is 2.52. The highest BCUT2D eigenvalue weighted by Gasteiger charge is 2.38. The van der Waals surface area contributed by atoms with Crippen molar-refractivity contribution in [2.24, 2.45) is 5.92 Å². The fraction of sp³-hybridized carbons (Fsp3) is 0.429. The van der Waals surface area contributed by atoms with Crippen molar-refractivity contribution >= 4 is 11.9 Å². The molecule has 1 aliphatic heterocycles. The number of likely N-dealkylation sites (tertiary alicyclic amines) is 1. The van der Waals surface area contributed by atoms with Crippen molar-refractivity contribution in [2.75, 3.05) is 7.05 Å². The third kappa shape index (κ3) is 2.23. The standard InChI is InChI=1S/C14H17NO3/c1-9-3-5-10(6-4-9)13-11(14(17)18)7-8-12(16)15(13)2/h3-6,11,13H,7-8H2,1-2H3,(H,17,18)/t11-,13+/m0/s1. The SMILES string of the molecule is Cc1ccc([C@@H]2[C@@H](C(=O)O)CCC(=O)N2C)cc1. The molecule has 1 fully saturated rings. The van der Waals surface area contributed by atoms with E-state index in [1.54, 1.807) is 11.9 Å². The van der Waals surface area contributed by atoms with Crippen molar-refractivity contribution in [3.8, 4) is 0 Å². The molecule has 0 aromatic heterocycles. The molecule has 1 amide bonds. The van der Waals surface area contributed by atoms with E-state index in [0.29, 0.717) is 12.8 Å². The second-order valence-electron chi connectivity index (χ2n) is 4.84. The number of piperidine rings is 1. The quantitative estimate of drug-likeness (QED) is 0.869. The van der Waals surface area contributed by atoms with Crippen LogP contribution in [-0.4, -0.2) is 28.9 Å². The largest absolute Gasteiger partial charge is 0.481 e. The first-order chi connectivity index (χ1) is 8.50. The molecule has 2 rings (SSSR count). The van der Waals surface area contributed by atoms with E-state index in [2.05, 4.69) is 0 Å². The Balaban J connectivity index is 2.37. The molecule has 1 aromatic carbocycles. The summed E-state index contributed by atoms with van der Waals surface area (Å²) in [6.07, 6.45) is 0.729. The molecule has 1 aliphatic rings. The molecule has 0 aliphatic carbocycles. The molecular formula is C14H17NO3. The summed E-state index contributed by atoms with van der Waals surface area (Å²) in [5.41, 5.74) is 2.01. The monoisotopic (exact) mass is 247 g/mol. The van der Waals surface area contributed by atoms with Gasteiger partial charge in [0.2, 0.25) is 5.91 Å². The molecule has 0 saturated carbocycles. The molecule has 0 unspecified atom stereocenters. The second kappa shape index (κ2) is 4.80. The van der Waals surface area contributed by atoms with Crippen molar-refractivity contribution in [1.29, 1.82) is 0 Å². The Morgan fingerprint density at radius 1 is 1.33 bits per heavy atom. The zero-order valence-electron chi connectivity index (χ0n) is 10.6. The Hall–Kier alpha value is -1.84. The summed E-state index contributed by atoms with van der Waals surface area (Å²) >= 11 is 0. The highest BCUT2D eigenvalue weighted by atomic mass is 16.4. The van der Waals surface area contributed by atoms with Crippen molar-refractivity contribution in [3.63, 3.8) is 0 Å². The van der Waals surface area contributed by atoms with Crippen LogP contribution >= 0.6 is 0 Å². The molecule has 0 bridgehead atoms. The van der Waals surface area contributed by atoms with Crippen molar-refractivity contribution < 1.29 is 14.7 Å². The van der Waals surface area contributed by atoms with Gasteiger partial charge in [-0.15, -0.1) is 0 Å². The number of rotatable bonds is 2. The molecule has 0 spiro atoms. The predicted octanol–water partition coefficient (Wildman–Crippen LogP) is 1.99. The minimum absolute atomic E-state index is 0.0121. The third-order valence-corrected chi connectivity index (χ3v) is 3.60. The first-order valence-corrected chi connectivity index (χ1v) is 6.05. The average Bonchev–Trinajstić information content (AvgIpc) is 2.33. The van der Waals surface area contributed by atoms with Gasteiger partial charge < -0.3 is 10.0 Å². The highest BCUT2D eigenvalue weighted by Crippen LogP contribution is 2.35. The van der Waals surface area contributed by atoms with Crippen LogP contribution in [-0.2, 0) is 9.59 Å². The van der Waals surface area contributed by atoms with E-state index >= 15 is 0 Å². The Bertz CT molecular complexity index is 466. The van der Waals surface area contributed by atoms with E-state index in [4.69, 9.17) is 0 Å². The minimum Gasteiger partial charge on any atom is -0.481 e. The maximum atomic E-state index is 11.7. The van der Waals surface area contributed by atoms with Gasteiger partial charge in [-0.3, -0.25) is 9.59 Å². The fourth-order valence-electron chi connectivity index (χ4n) is 2.52. The normalized spacial score (nSPS) is 24.1. The van der Waals surface area contributed by atoms with Crippen molar-refractivity contribution in [2.45, 2.75) is 25.8 Å². The lowest BCUT2D eigenvalue weighted by Crippen LogP contribution is -2.42. The van der Waals surface area contributed by atoms with Crippen LogP contribution < -0.4 is 0 Å². The molecule has 1 aromatic rings. The second-order valence-corrected chi connectivity index (χ2v) is 4.84. The number of amides is 1. The van der Waals surface area contributed by atoms with Gasteiger partial charge in [0.05, 0.1) is 12.0 Å². The van der Waals surface area contributed by atoms with Gasteiger partial charge in [-0.25, -0.2) is 0 Å². The van der Waals surface area contributed by atoms with Crippen LogP contribution in [0.5, 0.6) is 0 Å². The van der Waals surface area contributed by atoms with Gasteiger partial charge in [-0.1, -0.05) is 29.8 Å². The van der Waals surface area contributed by atoms with E-state index in [9.17, 15) is 14.7 Å². The number of carboxylic acid groups (broad SMARTS) is 1.